The van der Waals surface area contributed by atoms with Gasteiger partial charge in [-0.2, -0.15) is 13.2 Å². The van der Waals surface area contributed by atoms with Crippen LogP contribution in [-0.4, -0.2) is 6.04 Å². The van der Waals surface area contributed by atoms with E-state index in [9.17, 15) is 13.2 Å². The first-order valence-corrected chi connectivity index (χ1v) is 6.87. The molecule has 0 fully saturated rings. The summed E-state index contributed by atoms with van der Waals surface area (Å²) in [6.45, 7) is 2.16. The Kier molecular flexibility index (Phi) is 5.07. The molecule has 21 heavy (non-hydrogen) atoms. The smallest absolute Gasteiger partial charge is 0.416 e. The molecule has 2 nitrogen and oxygen atoms in total. The highest BCUT2D eigenvalue weighted by molar-refractivity contribution is 5.29. The summed E-state index contributed by atoms with van der Waals surface area (Å²) < 4.78 is 43.8. The van der Waals surface area contributed by atoms with Crippen LogP contribution < -0.4 is 5.32 Å². The predicted octanol–water partition coefficient (Wildman–Crippen LogP) is 4.41. The molecule has 0 saturated heterocycles. The number of halogens is 3. The first-order chi connectivity index (χ1) is 9.97. The summed E-state index contributed by atoms with van der Waals surface area (Å²) in [4.78, 5) is 0. The van der Waals surface area contributed by atoms with Crippen LogP contribution in [0.15, 0.2) is 47.1 Å². The molecule has 1 unspecified atom stereocenters. The van der Waals surface area contributed by atoms with Crippen molar-refractivity contribution in [1.29, 1.82) is 0 Å². The second-order valence-corrected chi connectivity index (χ2v) is 5.05. The number of nitrogens with one attached hydrogen (secondary N) is 1. The lowest BCUT2D eigenvalue weighted by atomic mass is 10.1. The average Bonchev–Trinajstić information content (AvgIpc) is 2.95. The Morgan fingerprint density at radius 1 is 1.14 bits per heavy atom. The van der Waals surface area contributed by atoms with Crippen molar-refractivity contribution in [2.24, 2.45) is 0 Å². The highest BCUT2D eigenvalue weighted by atomic mass is 19.4. The molecule has 2 rings (SSSR count). The summed E-state index contributed by atoms with van der Waals surface area (Å²) in [5.41, 5.74) is -0.300. The molecule has 0 aliphatic carbocycles. The molecule has 0 bridgehead atoms. The summed E-state index contributed by atoms with van der Waals surface area (Å²) in [5.74, 6) is 0.888. The third-order valence-corrected chi connectivity index (χ3v) is 3.37. The van der Waals surface area contributed by atoms with Gasteiger partial charge in [-0.05, 0) is 37.1 Å². The van der Waals surface area contributed by atoms with Gasteiger partial charge in [-0.3, -0.25) is 0 Å². The Labute approximate surface area is 122 Å². The second-order valence-electron chi connectivity index (χ2n) is 5.05. The predicted molar refractivity (Wildman–Crippen MR) is 74.8 cm³/mol. The average molecular weight is 297 g/mol. The maximum atomic E-state index is 12.9. The molecule has 0 radical (unpaired) electrons. The topological polar surface area (TPSA) is 25.2 Å². The highest BCUT2D eigenvalue weighted by Gasteiger charge is 2.32. The molecule has 5 heteroatoms. The molecule has 1 atom stereocenters. The lowest BCUT2D eigenvalue weighted by molar-refractivity contribution is -0.138. The van der Waals surface area contributed by atoms with E-state index < -0.39 is 11.7 Å². The standard InChI is InChI=1S/C16H18F3NO/c1-12(8-9-14-6-4-10-21-14)20-11-13-5-2-3-7-15(13)16(17,18)19/h2-7,10,12,20H,8-9,11H2,1H3. The van der Waals surface area contributed by atoms with E-state index in [1.54, 1.807) is 12.3 Å². The van der Waals surface area contributed by atoms with Crippen molar-refractivity contribution in [3.63, 3.8) is 0 Å². The van der Waals surface area contributed by atoms with Crippen LogP contribution in [0.3, 0.4) is 0 Å². The molecule has 0 amide bonds. The van der Waals surface area contributed by atoms with E-state index in [-0.39, 0.29) is 18.2 Å². The minimum absolute atomic E-state index is 0.108. The van der Waals surface area contributed by atoms with Gasteiger partial charge >= 0.3 is 6.18 Å². The van der Waals surface area contributed by atoms with Gasteiger partial charge in [-0.25, -0.2) is 0 Å². The van der Waals surface area contributed by atoms with Gasteiger partial charge in [0.25, 0.3) is 0 Å². The fourth-order valence-electron chi connectivity index (χ4n) is 2.15. The lowest BCUT2D eigenvalue weighted by Gasteiger charge is -2.16. The van der Waals surface area contributed by atoms with Gasteiger partial charge in [-0.1, -0.05) is 18.2 Å². The van der Waals surface area contributed by atoms with Crippen LogP contribution >= 0.6 is 0 Å². The van der Waals surface area contributed by atoms with E-state index in [1.807, 2.05) is 19.1 Å². The van der Waals surface area contributed by atoms with Crippen LogP contribution in [0, 0.1) is 0 Å². The summed E-state index contributed by atoms with van der Waals surface area (Å²) >= 11 is 0. The van der Waals surface area contributed by atoms with Crippen LogP contribution in [0.1, 0.15) is 30.2 Å². The number of alkyl halides is 3. The molecule has 0 spiro atoms. The molecule has 1 aromatic heterocycles. The quantitative estimate of drug-likeness (QED) is 0.854. The summed E-state index contributed by atoms with van der Waals surface area (Å²) in [7, 11) is 0. The zero-order valence-corrected chi connectivity index (χ0v) is 11.8. The van der Waals surface area contributed by atoms with E-state index >= 15 is 0 Å². The third-order valence-electron chi connectivity index (χ3n) is 3.37. The lowest BCUT2D eigenvalue weighted by Crippen LogP contribution is -2.27. The monoisotopic (exact) mass is 297 g/mol. The maximum Gasteiger partial charge on any atom is 0.416 e. The molecule has 1 N–H and O–H groups in total. The van der Waals surface area contributed by atoms with Gasteiger partial charge in [0.1, 0.15) is 5.76 Å². The van der Waals surface area contributed by atoms with Crippen LogP contribution in [0.2, 0.25) is 0 Å². The fourth-order valence-corrected chi connectivity index (χ4v) is 2.15. The Balaban J connectivity index is 1.88. The Hall–Kier alpha value is -1.75. The number of benzene rings is 1. The maximum absolute atomic E-state index is 12.9. The fraction of sp³-hybridized carbons (Fsp3) is 0.375. The third kappa shape index (κ3) is 4.63. The second kappa shape index (κ2) is 6.80. The molecular formula is C16H18F3NO. The molecule has 1 heterocycles. The number of hydrogen-bond donors (Lipinski definition) is 1. The normalized spacial score (nSPS) is 13.3. The van der Waals surface area contributed by atoms with Crippen LogP contribution in [0.4, 0.5) is 13.2 Å². The molecule has 0 saturated carbocycles. The molecular weight excluding hydrogens is 279 g/mol. The molecule has 2 aromatic rings. The van der Waals surface area contributed by atoms with E-state index in [4.69, 9.17) is 4.42 Å². The van der Waals surface area contributed by atoms with Crippen molar-refractivity contribution < 1.29 is 17.6 Å². The molecule has 0 aliphatic heterocycles. The number of aryl methyl sites for hydroxylation is 1. The Morgan fingerprint density at radius 2 is 1.90 bits per heavy atom. The number of furan rings is 1. The molecule has 1 aromatic carbocycles. The van der Waals surface area contributed by atoms with E-state index in [0.717, 1.165) is 24.7 Å². The zero-order chi connectivity index (χ0) is 15.3. The van der Waals surface area contributed by atoms with Crippen molar-refractivity contribution >= 4 is 0 Å². The minimum atomic E-state index is -4.31. The zero-order valence-electron chi connectivity index (χ0n) is 11.8. The van der Waals surface area contributed by atoms with Crippen molar-refractivity contribution in [2.75, 3.05) is 0 Å². The van der Waals surface area contributed by atoms with Crippen LogP contribution in [0.25, 0.3) is 0 Å². The first kappa shape index (κ1) is 15.6. The SMILES string of the molecule is CC(CCc1ccco1)NCc1ccccc1C(F)(F)F. The van der Waals surface area contributed by atoms with Crippen molar-refractivity contribution in [2.45, 2.75) is 38.5 Å². The number of hydrogen-bond acceptors (Lipinski definition) is 2. The Bertz CT molecular complexity index is 549. The minimum Gasteiger partial charge on any atom is -0.469 e. The molecule has 114 valence electrons. The summed E-state index contributed by atoms with van der Waals surface area (Å²) in [5, 5.41) is 3.13. The van der Waals surface area contributed by atoms with Crippen LogP contribution in [-0.2, 0) is 19.1 Å². The first-order valence-electron chi connectivity index (χ1n) is 6.87. The largest absolute Gasteiger partial charge is 0.469 e. The van der Waals surface area contributed by atoms with E-state index in [0.29, 0.717) is 0 Å². The van der Waals surface area contributed by atoms with Gasteiger partial charge in [0, 0.05) is 19.0 Å². The van der Waals surface area contributed by atoms with Crippen molar-refractivity contribution in [3.05, 3.63) is 59.5 Å². The van der Waals surface area contributed by atoms with Gasteiger partial charge in [-0.15, -0.1) is 0 Å². The molecule has 0 aliphatic rings. The van der Waals surface area contributed by atoms with Crippen LogP contribution in [0.5, 0.6) is 0 Å². The van der Waals surface area contributed by atoms with E-state index in [2.05, 4.69) is 5.32 Å². The van der Waals surface area contributed by atoms with Crippen molar-refractivity contribution in [1.82, 2.24) is 5.32 Å². The van der Waals surface area contributed by atoms with Gasteiger partial charge < -0.3 is 9.73 Å². The highest BCUT2D eigenvalue weighted by Crippen LogP contribution is 2.31. The summed E-state index contributed by atoms with van der Waals surface area (Å²) in [6.07, 6.45) is -1.12. The van der Waals surface area contributed by atoms with Gasteiger partial charge in [0.05, 0.1) is 11.8 Å². The van der Waals surface area contributed by atoms with Gasteiger partial charge in [0.2, 0.25) is 0 Å². The Morgan fingerprint density at radius 3 is 2.57 bits per heavy atom. The van der Waals surface area contributed by atoms with Gasteiger partial charge in [0.15, 0.2) is 0 Å². The summed E-state index contributed by atoms with van der Waals surface area (Å²) in [6, 6.07) is 9.49. The van der Waals surface area contributed by atoms with E-state index in [1.165, 1.54) is 12.1 Å². The number of rotatable bonds is 6. The van der Waals surface area contributed by atoms with Crippen molar-refractivity contribution in [3.8, 4) is 0 Å².